The minimum Gasteiger partial charge on any atom is -0.451 e. The maximum absolute atomic E-state index is 12.3. The summed E-state index contributed by atoms with van der Waals surface area (Å²) < 4.78 is 31.3. The van der Waals surface area contributed by atoms with Gasteiger partial charge in [-0.15, -0.1) is 0 Å². The summed E-state index contributed by atoms with van der Waals surface area (Å²) in [6, 6.07) is 8.00. The number of hydrogen-bond acceptors (Lipinski definition) is 5. The summed E-state index contributed by atoms with van der Waals surface area (Å²) in [6.45, 7) is 3.24. The van der Waals surface area contributed by atoms with E-state index in [-0.39, 0.29) is 22.9 Å². The van der Waals surface area contributed by atoms with Crippen LogP contribution < -0.4 is 10.7 Å². The van der Waals surface area contributed by atoms with Gasteiger partial charge in [0.15, 0.2) is 11.2 Å². The van der Waals surface area contributed by atoms with Crippen LogP contribution in [0.5, 0.6) is 0 Å². The van der Waals surface area contributed by atoms with Crippen molar-refractivity contribution in [1.82, 2.24) is 9.62 Å². The molecule has 0 aliphatic carbocycles. The average molecular weight is 392 g/mol. The summed E-state index contributed by atoms with van der Waals surface area (Å²) in [5, 5.41) is 3.24. The second-order valence-electron chi connectivity index (χ2n) is 6.84. The van der Waals surface area contributed by atoms with Crippen molar-refractivity contribution in [2.45, 2.75) is 26.2 Å². The zero-order valence-corrected chi connectivity index (χ0v) is 16.1. The van der Waals surface area contributed by atoms with Gasteiger partial charge in [0.2, 0.25) is 10.0 Å². The fourth-order valence-electron chi connectivity index (χ4n) is 3.32. The largest absolute Gasteiger partial charge is 0.451 e. The number of piperidine rings is 1. The third-order valence-electron chi connectivity index (χ3n) is 4.84. The number of fused-ring (bicyclic) bond motifs is 1. The molecule has 0 unspecified atom stereocenters. The zero-order chi connectivity index (χ0) is 19.4. The molecule has 7 nitrogen and oxygen atoms in total. The normalized spacial score (nSPS) is 16.5. The van der Waals surface area contributed by atoms with Gasteiger partial charge in [-0.1, -0.05) is 19.1 Å². The van der Waals surface area contributed by atoms with Crippen LogP contribution in [0.3, 0.4) is 0 Å². The van der Waals surface area contributed by atoms with Gasteiger partial charge in [0.25, 0.3) is 5.91 Å². The first-order valence-electron chi connectivity index (χ1n) is 9.19. The molecule has 0 radical (unpaired) electrons. The molecule has 1 aliphatic heterocycles. The molecule has 1 aromatic heterocycles. The van der Waals surface area contributed by atoms with Gasteiger partial charge in [-0.2, -0.15) is 0 Å². The lowest BCUT2D eigenvalue weighted by molar-refractivity contribution is 0.0914. The lowest BCUT2D eigenvalue weighted by Gasteiger charge is -2.31. The van der Waals surface area contributed by atoms with Crippen LogP contribution in [0, 0.1) is 5.92 Å². The number of nitrogens with zero attached hydrogens (tertiary/aromatic N) is 1. The highest BCUT2D eigenvalue weighted by Crippen LogP contribution is 2.20. The molecule has 1 aliphatic rings. The molecule has 3 rings (SSSR count). The molecule has 146 valence electrons. The van der Waals surface area contributed by atoms with Crippen molar-refractivity contribution in [2.24, 2.45) is 5.92 Å². The zero-order valence-electron chi connectivity index (χ0n) is 15.3. The van der Waals surface area contributed by atoms with Crippen LogP contribution >= 0.6 is 0 Å². The van der Waals surface area contributed by atoms with Crippen LogP contribution in [-0.4, -0.2) is 44.0 Å². The molecule has 1 fully saturated rings. The van der Waals surface area contributed by atoms with E-state index in [1.165, 1.54) is 10.4 Å². The lowest BCUT2D eigenvalue weighted by Crippen LogP contribution is -2.42. The summed E-state index contributed by atoms with van der Waals surface area (Å²) in [5.74, 6) is -0.0650. The van der Waals surface area contributed by atoms with E-state index in [0.29, 0.717) is 49.9 Å². The van der Waals surface area contributed by atoms with Gasteiger partial charge < -0.3 is 9.73 Å². The first kappa shape index (κ1) is 19.6. The Balaban J connectivity index is 1.57. The Bertz CT molecular complexity index is 975. The van der Waals surface area contributed by atoms with E-state index in [9.17, 15) is 18.0 Å². The van der Waals surface area contributed by atoms with Gasteiger partial charge in [0, 0.05) is 25.7 Å². The SMILES string of the molecule is CCCS(=O)(=O)N1CCC(CNC(=O)c2cc(=O)c3ccccc3o2)CC1. The predicted octanol–water partition coefficient (Wildman–Crippen LogP) is 1.97. The quantitative estimate of drug-likeness (QED) is 0.811. The van der Waals surface area contributed by atoms with Gasteiger partial charge in [-0.3, -0.25) is 9.59 Å². The van der Waals surface area contributed by atoms with Crippen LogP contribution in [0.4, 0.5) is 0 Å². The third-order valence-corrected chi connectivity index (χ3v) is 6.91. The van der Waals surface area contributed by atoms with Gasteiger partial charge >= 0.3 is 0 Å². The Labute approximate surface area is 158 Å². The van der Waals surface area contributed by atoms with Crippen molar-refractivity contribution in [3.63, 3.8) is 0 Å². The highest BCUT2D eigenvalue weighted by atomic mass is 32.2. The number of amides is 1. The Morgan fingerprint density at radius 3 is 2.67 bits per heavy atom. The summed E-state index contributed by atoms with van der Waals surface area (Å²) in [6.07, 6.45) is 2.01. The molecule has 0 spiro atoms. The molecule has 2 aromatic rings. The number of sulfonamides is 1. The maximum atomic E-state index is 12.3. The smallest absolute Gasteiger partial charge is 0.287 e. The summed E-state index contributed by atoms with van der Waals surface area (Å²) in [4.78, 5) is 24.4. The van der Waals surface area contributed by atoms with Crippen LogP contribution in [0.15, 0.2) is 39.5 Å². The van der Waals surface area contributed by atoms with Crippen molar-refractivity contribution in [3.8, 4) is 0 Å². The Kier molecular flexibility index (Phi) is 5.96. The van der Waals surface area contributed by atoms with E-state index >= 15 is 0 Å². The average Bonchev–Trinajstić information content (AvgIpc) is 2.66. The number of carbonyl (C=O) groups excluding carboxylic acids is 1. The van der Waals surface area contributed by atoms with Crippen LogP contribution in [0.1, 0.15) is 36.7 Å². The third kappa shape index (κ3) is 4.56. The highest BCUT2D eigenvalue weighted by molar-refractivity contribution is 7.89. The number of nitrogens with one attached hydrogen (secondary N) is 1. The monoisotopic (exact) mass is 392 g/mol. The number of para-hydroxylation sites is 1. The van der Waals surface area contributed by atoms with E-state index in [1.54, 1.807) is 24.3 Å². The van der Waals surface area contributed by atoms with Gasteiger partial charge in [-0.25, -0.2) is 12.7 Å². The van der Waals surface area contributed by atoms with Crippen LogP contribution in [0.2, 0.25) is 0 Å². The lowest BCUT2D eigenvalue weighted by atomic mass is 9.98. The Morgan fingerprint density at radius 2 is 1.96 bits per heavy atom. The molecule has 0 bridgehead atoms. The Hall–Kier alpha value is -2.19. The first-order chi connectivity index (χ1) is 12.9. The first-order valence-corrected chi connectivity index (χ1v) is 10.8. The van der Waals surface area contributed by atoms with E-state index in [2.05, 4.69) is 5.32 Å². The van der Waals surface area contributed by atoms with Crippen molar-refractivity contribution in [3.05, 3.63) is 46.3 Å². The second-order valence-corrected chi connectivity index (χ2v) is 8.93. The molecular weight excluding hydrogens is 368 g/mol. The highest BCUT2D eigenvalue weighted by Gasteiger charge is 2.27. The van der Waals surface area contributed by atoms with Crippen LogP contribution in [0.25, 0.3) is 11.0 Å². The predicted molar refractivity (Wildman–Crippen MR) is 103 cm³/mol. The molecular formula is C19H24N2O5S. The Morgan fingerprint density at radius 1 is 1.26 bits per heavy atom. The molecule has 0 atom stereocenters. The molecule has 1 aromatic carbocycles. The van der Waals surface area contributed by atoms with Gasteiger partial charge in [0.1, 0.15) is 5.58 Å². The minimum absolute atomic E-state index is 0.0124. The number of benzene rings is 1. The minimum atomic E-state index is -3.16. The van der Waals surface area contributed by atoms with Gasteiger partial charge in [-0.05, 0) is 37.3 Å². The number of hydrogen-bond donors (Lipinski definition) is 1. The maximum Gasteiger partial charge on any atom is 0.287 e. The molecule has 27 heavy (non-hydrogen) atoms. The van der Waals surface area contributed by atoms with Gasteiger partial charge in [0.05, 0.1) is 11.1 Å². The fourth-order valence-corrected chi connectivity index (χ4v) is 4.86. The van der Waals surface area contributed by atoms with Crippen molar-refractivity contribution >= 4 is 26.9 Å². The standard InChI is InChI=1S/C19H24N2O5S/c1-2-11-27(24,25)21-9-7-14(8-10-21)13-20-19(23)18-12-16(22)15-5-3-4-6-17(15)26-18/h3-6,12,14H,2,7-11,13H2,1H3,(H,20,23). The van der Waals surface area contributed by atoms with Crippen molar-refractivity contribution < 1.29 is 17.6 Å². The van der Waals surface area contributed by atoms with E-state index in [1.807, 2.05) is 6.92 Å². The summed E-state index contributed by atoms with van der Waals surface area (Å²) >= 11 is 0. The van der Waals surface area contributed by atoms with Crippen molar-refractivity contribution in [1.29, 1.82) is 0 Å². The van der Waals surface area contributed by atoms with E-state index < -0.39 is 15.9 Å². The molecule has 2 heterocycles. The summed E-state index contributed by atoms with van der Waals surface area (Å²) in [5.41, 5.74) is 0.126. The molecule has 1 amide bonds. The number of carbonyl (C=O) groups is 1. The van der Waals surface area contributed by atoms with E-state index in [0.717, 1.165) is 0 Å². The molecule has 0 saturated carbocycles. The molecule has 8 heteroatoms. The topological polar surface area (TPSA) is 96.7 Å². The van der Waals surface area contributed by atoms with E-state index in [4.69, 9.17) is 4.42 Å². The second kappa shape index (κ2) is 8.22. The summed E-state index contributed by atoms with van der Waals surface area (Å²) in [7, 11) is -3.16. The fraction of sp³-hybridized carbons (Fsp3) is 0.474. The molecule has 1 saturated heterocycles. The van der Waals surface area contributed by atoms with Crippen molar-refractivity contribution in [2.75, 3.05) is 25.4 Å². The number of rotatable bonds is 6. The molecule has 1 N–H and O–H groups in total. The van der Waals surface area contributed by atoms with Crippen LogP contribution in [-0.2, 0) is 10.0 Å².